The number of benzene rings is 2. The molecule has 0 spiro atoms. The summed E-state index contributed by atoms with van der Waals surface area (Å²) in [5, 5.41) is 5.45. The van der Waals surface area contributed by atoms with Gasteiger partial charge in [-0.15, -0.1) is 0 Å². The van der Waals surface area contributed by atoms with E-state index in [1.54, 1.807) is 43.6 Å². The first-order chi connectivity index (χ1) is 17.8. The molecule has 0 fully saturated rings. The molecule has 2 N–H and O–H groups in total. The van der Waals surface area contributed by atoms with E-state index >= 15 is 0 Å². The van der Waals surface area contributed by atoms with Gasteiger partial charge < -0.3 is 20.1 Å². The molecule has 0 aliphatic heterocycles. The maximum atomic E-state index is 12.5. The predicted octanol–water partition coefficient (Wildman–Crippen LogP) is 4.79. The molecule has 0 atom stereocenters. The highest BCUT2D eigenvalue weighted by Crippen LogP contribution is 2.44. The Morgan fingerprint density at radius 1 is 0.865 bits per heavy atom. The van der Waals surface area contributed by atoms with Gasteiger partial charge in [-0.1, -0.05) is 48.5 Å². The summed E-state index contributed by atoms with van der Waals surface area (Å²) >= 11 is 0. The summed E-state index contributed by atoms with van der Waals surface area (Å²) in [5.74, 6) is 0.470. The Kier molecular flexibility index (Phi) is 6.52. The molecule has 1 aliphatic carbocycles. The number of nitrogens with zero attached hydrogens (tertiary/aromatic N) is 3. The van der Waals surface area contributed by atoms with Crippen LogP contribution in [0.5, 0.6) is 0 Å². The molecule has 2 amide bonds. The normalized spacial score (nSPS) is 12.6. The van der Waals surface area contributed by atoms with Crippen molar-refractivity contribution < 1.29 is 19.1 Å². The van der Waals surface area contributed by atoms with E-state index in [1.807, 2.05) is 24.3 Å². The molecular formula is C28H29N5O4. The maximum Gasteiger partial charge on any atom is 0.407 e. The van der Waals surface area contributed by atoms with Gasteiger partial charge in [-0.05, 0) is 49.1 Å². The van der Waals surface area contributed by atoms with Crippen molar-refractivity contribution in [2.24, 2.45) is 0 Å². The zero-order valence-corrected chi connectivity index (χ0v) is 21.0. The van der Waals surface area contributed by atoms with Crippen LogP contribution in [0.3, 0.4) is 0 Å². The van der Waals surface area contributed by atoms with Gasteiger partial charge in [-0.2, -0.15) is 0 Å². The molecule has 5 rings (SSSR count). The molecule has 2 aromatic carbocycles. The monoisotopic (exact) mass is 499 g/mol. The van der Waals surface area contributed by atoms with Crippen molar-refractivity contribution in [3.05, 3.63) is 89.5 Å². The van der Waals surface area contributed by atoms with Crippen LogP contribution in [0.15, 0.2) is 67.0 Å². The van der Waals surface area contributed by atoms with E-state index in [9.17, 15) is 9.59 Å². The van der Waals surface area contributed by atoms with Crippen molar-refractivity contribution in [2.45, 2.75) is 45.4 Å². The number of fused-ring (bicyclic) bond motifs is 4. The Hall–Kier alpha value is -4.40. The van der Waals surface area contributed by atoms with E-state index in [0.29, 0.717) is 17.2 Å². The molecule has 0 radical (unpaired) electrons. The first-order valence-corrected chi connectivity index (χ1v) is 12.2. The number of rotatable bonds is 6. The molecule has 2 aromatic heterocycles. The fourth-order valence-corrected chi connectivity index (χ4v) is 4.43. The number of carbonyl (C=O) groups excluding carboxylic acids is 2. The van der Waals surface area contributed by atoms with Gasteiger partial charge in [0.25, 0.3) is 0 Å². The average Bonchev–Trinajstić information content (AvgIpc) is 3.42. The Morgan fingerprint density at radius 2 is 1.46 bits per heavy atom. The van der Waals surface area contributed by atoms with Crippen LogP contribution in [0.4, 0.5) is 9.59 Å². The van der Waals surface area contributed by atoms with E-state index in [4.69, 9.17) is 9.47 Å². The smallest absolute Gasteiger partial charge is 0.407 e. The second-order valence-corrected chi connectivity index (χ2v) is 9.89. The number of alkyl carbamates (subject to hydrolysis) is 2. The highest BCUT2D eigenvalue weighted by atomic mass is 16.6. The number of aromatic nitrogens is 3. The highest BCUT2D eigenvalue weighted by Gasteiger charge is 2.29. The summed E-state index contributed by atoms with van der Waals surface area (Å²) in [5.41, 5.74) is 5.41. The number of hydrogen-bond acceptors (Lipinski definition) is 6. The number of imidazole rings is 1. The molecule has 0 saturated heterocycles. The van der Waals surface area contributed by atoms with Gasteiger partial charge in [0.2, 0.25) is 5.78 Å². The minimum absolute atomic E-state index is 0.00487. The second-order valence-electron chi connectivity index (χ2n) is 9.89. The topological polar surface area (TPSA) is 107 Å². The molecule has 0 unspecified atom stereocenters. The van der Waals surface area contributed by atoms with Crippen molar-refractivity contribution in [3.63, 3.8) is 0 Å². The molecule has 2 heterocycles. The lowest BCUT2D eigenvalue weighted by molar-refractivity contribution is 0.0523. The third kappa shape index (κ3) is 5.55. The Labute approximate surface area is 214 Å². The summed E-state index contributed by atoms with van der Waals surface area (Å²) < 4.78 is 12.6. The van der Waals surface area contributed by atoms with E-state index in [-0.39, 0.29) is 25.6 Å². The minimum Gasteiger partial charge on any atom is -0.449 e. The zero-order valence-electron chi connectivity index (χ0n) is 21.0. The van der Waals surface area contributed by atoms with Crippen LogP contribution in [0.2, 0.25) is 0 Å². The van der Waals surface area contributed by atoms with Crippen LogP contribution >= 0.6 is 0 Å². The molecule has 190 valence electrons. The third-order valence-electron chi connectivity index (χ3n) is 6.00. The molecule has 9 heteroatoms. The number of amides is 2. The molecular weight excluding hydrogens is 470 g/mol. The SMILES string of the molecule is CC(C)(C)OC(=O)NCc1cn2ccc(CNC(=O)OCC3c4ccccc4-c4ccccc43)nc2n1. The summed E-state index contributed by atoms with van der Waals surface area (Å²) in [7, 11) is 0. The molecule has 9 nitrogen and oxygen atoms in total. The molecule has 0 bridgehead atoms. The Bertz CT molecular complexity index is 1410. The van der Waals surface area contributed by atoms with Gasteiger partial charge in [0.05, 0.1) is 24.5 Å². The van der Waals surface area contributed by atoms with Gasteiger partial charge in [0.15, 0.2) is 0 Å². The van der Waals surface area contributed by atoms with Crippen molar-refractivity contribution in [3.8, 4) is 11.1 Å². The van der Waals surface area contributed by atoms with Crippen molar-refractivity contribution in [1.82, 2.24) is 25.0 Å². The van der Waals surface area contributed by atoms with Crippen LogP contribution in [0.1, 0.15) is 49.2 Å². The van der Waals surface area contributed by atoms with E-state index in [1.165, 1.54) is 22.3 Å². The number of ether oxygens (including phenoxy) is 2. The summed E-state index contributed by atoms with van der Waals surface area (Å²) in [6.45, 7) is 6.08. The summed E-state index contributed by atoms with van der Waals surface area (Å²) in [4.78, 5) is 33.3. The van der Waals surface area contributed by atoms with Crippen LogP contribution in [0.25, 0.3) is 16.9 Å². The minimum atomic E-state index is -0.570. The fourth-order valence-electron chi connectivity index (χ4n) is 4.43. The van der Waals surface area contributed by atoms with Crippen molar-refractivity contribution >= 4 is 18.0 Å². The number of carbonyl (C=O) groups is 2. The average molecular weight is 500 g/mol. The van der Waals surface area contributed by atoms with Crippen molar-refractivity contribution in [1.29, 1.82) is 0 Å². The lowest BCUT2D eigenvalue weighted by Gasteiger charge is -2.19. The molecule has 1 aliphatic rings. The predicted molar refractivity (Wildman–Crippen MR) is 138 cm³/mol. The highest BCUT2D eigenvalue weighted by molar-refractivity contribution is 5.79. The maximum absolute atomic E-state index is 12.5. The lowest BCUT2D eigenvalue weighted by atomic mass is 9.98. The quantitative estimate of drug-likeness (QED) is 0.395. The number of nitrogens with one attached hydrogen (secondary N) is 2. The van der Waals surface area contributed by atoms with Gasteiger partial charge in [0, 0.05) is 18.3 Å². The van der Waals surface area contributed by atoms with E-state index < -0.39 is 17.8 Å². The standard InChI is InChI=1S/C28H29N5O4/c1-28(2,3)37-27(35)30-15-19-16-33-13-12-18(31-25(33)32-19)14-29-26(34)36-17-24-22-10-6-4-8-20(22)21-9-5-7-11-23(21)24/h4-13,16,24H,14-15,17H2,1-3H3,(H,29,34)(H,30,35). The lowest BCUT2D eigenvalue weighted by Crippen LogP contribution is -2.32. The second kappa shape index (κ2) is 9.93. The van der Waals surface area contributed by atoms with Crippen LogP contribution < -0.4 is 10.6 Å². The fraction of sp³-hybridized carbons (Fsp3) is 0.286. The first-order valence-electron chi connectivity index (χ1n) is 12.2. The van der Waals surface area contributed by atoms with Gasteiger partial charge >= 0.3 is 12.2 Å². The van der Waals surface area contributed by atoms with Gasteiger partial charge in [-0.3, -0.25) is 4.40 Å². The Balaban J connectivity index is 1.15. The largest absolute Gasteiger partial charge is 0.449 e. The zero-order chi connectivity index (χ0) is 26.0. The summed E-state index contributed by atoms with van der Waals surface area (Å²) in [6, 6.07) is 18.2. The van der Waals surface area contributed by atoms with Crippen LogP contribution in [-0.4, -0.2) is 38.8 Å². The van der Waals surface area contributed by atoms with Gasteiger partial charge in [-0.25, -0.2) is 19.6 Å². The van der Waals surface area contributed by atoms with Crippen LogP contribution in [-0.2, 0) is 22.6 Å². The summed E-state index contributed by atoms with van der Waals surface area (Å²) in [6.07, 6.45) is 2.57. The van der Waals surface area contributed by atoms with Crippen molar-refractivity contribution in [2.75, 3.05) is 6.61 Å². The number of hydrogen-bond donors (Lipinski definition) is 2. The Morgan fingerprint density at radius 3 is 2.14 bits per heavy atom. The third-order valence-corrected chi connectivity index (χ3v) is 6.00. The van der Waals surface area contributed by atoms with E-state index in [2.05, 4.69) is 44.9 Å². The van der Waals surface area contributed by atoms with Gasteiger partial charge in [0.1, 0.15) is 12.2 Å². The van der Waals surface area contributed by atoms with E-state index in [0.717, 1.165) is 0 Å². The van der Waals surface area contributed by atoms with Crippen LogP contribution in [0, 0.1) is 0 Å². The first kappa shape index (κ1) is 24.3. The molecule has 0 saturated carbocycles. The molecule has 37 heavy (non-hydrogen) atoms. The molecule has 4 aromatic rings.